The molecule has 1 saturated heterocycles. The third-order valence-corrected chi connectivity index (χ3v) is 3.55. The van der Waals surface area contributed by atoms with Crippen molar-refractivity contribution in [3.63, 3.8) is 0 Å². The first kappa shape index (κ1) is 13.3. The first-order valence-corrected chi connectivity index (χ1v) is 6.60. The van der Waals surface area contributed by atoms with Gasteiger partial charge in [0.2, 0.25) is 5.91 Å². The molecule has 1 heterocycles. The van der Waals surface area contributed by atoms with Crippen LogP contribution in [0, 0.1) is 0 Å². The number of carboxylic acid groups (broad SMARTS) is 1. The Hall–Kier alpha value is -0.750. The Kier molecular flexibility index (Phi) is 5.62. The lowest BCUT2D eigenvalue weighted by atomic mass is 10.2. The van der Waals surface area contributed by atoms with Crippen LogP contribution in [0.25, 0.3) is 0 Å². The lowest BCUT2D eigenvalue weighted by molar-refractivity contribution is -0.138. The van der Waals surface area contributed by atoms with E-state index in [-0.39, 0.29) is 5.91 Å². The Bertz CT molecular complexity index is 254. The molecule has 1 aliphatic rings. The highest BCUT2D eigenvalue weighted by Gasteiger charge is 2.17. The van der Waals surface area contributed by atoms with Gasteiger partial charge in [0.1, 0.15) is 6.04 Å². The highest BCUT2D eigenvalue weighted by Crippen LogP contribution is 2.11. The van der Waals surface area contributed by atoms with Gasteiger partial charge in [0.15, 0.2) is 0 Å². The second kappa shape index (κ2) is 6.75. The number of nitrogens with two attached hydrogens (primary N) is 1. The number of hydrogen-bond donors (Lipinski definition) is 2. The first-order chi connectivity index (χ1) is 7.61. The maximum atomic E-state index is 11.6. The molecule has 0 aromatic carbocycles. The highest BCUT2D eigenvalue weighted by molar-refractivity contribution is 7.99. The molecule has 0 aromatic rings. The van der Waals surface area contributed by atoms with Gasteiger partial charge in [-0.2, -0.15) is 11.8 Å². The molecule has 1 aliphatic heterocycles. The molecule has 1 rings (SSSR count). The first-order valence-electron chi connectivity index (χ1n) is 5.45. The lowest BCUT2D eigenvalue weighted by Gasteiger charge is -2.14. The number of aliphatic carboxylic acids is 1. The van der Waals surface area contributed by atoms with Gasteiger partial charge in [-0.25, -0.2) is 0 Å². The SMILES string of the molecule is NC(CCSCC(=O)N1CCCC1)C(=O)O. The summed E-state index contributed by atoms with van der Waals surface area (Å²) in [5.74, 6) is 0.234. The summed E-state index contributed by atoms with van der Waals surface area (Å²) in [6, 6.07) is -0.811. The average Bonchev–Trinajstić information content (AvgIpc) is 2.76. The average molecular weight is 246 g/mol. The molecule has 0 radical (unpaired) electrons. The normalized spacial score (nSPS) is 17.4. The fourth-order valence-electron chi connectivity index (χ4n) is 1.55. The summed E-state index contributed by atoms with van der Waals surface area (Å²) in [6.45, 7) is 1.74. The zero-order valence-corrected chi connectivity index (χ0v) is 10.0. The molecule has 1 unspecified atom stereocenters. The van der Waals surface area contributed by atoms with Crippen molar-refractivity contribution in [3.05, 3.63) is 0 Å². The van der Waals surface area contributed by atoms with Gasteiger partial charge in [-0.1, -0.05) is 0 Å². The van der Waals surface area contributed by atoms with Crippen molar-refractivity contribution in [2.24, 2.45) is 5.73 Å². The molecule has 6 heteroatoms. The minimum atomic E-state index is -0.980. The van der Waals surface area contributed by atoms with Gasteiger partial charge in [0, 0.05) is 13.1 Å². The Balaban J connectivity index is 2.06. The van der Waals surface area contributed by atoms with Crippen LogP contribution in [0.15, 0.2) is 0 Å². The van der Waals surface area contributed by atoms with E-state index in [1.54, 1.807) is 0 Å². The molecule has 0 bridgehead atoms. The van der Waals surface area contributed by atoms with Crippen molar-refractivity contribution in [1.82, 2.24) is 4.90 Å². The second-order valence-corrected chi connectivity index (χ2v) is 4.98. The molecule has 0 spiro atoms. The molecule has 0 aliphatic carbocycles. The van der Waals surface area contributed by atoms with E-state index in [0.717, 1.165) is 25.9 Å². The van der Waals surface area contributed by atoms with Crippen LogP contribution < -0.4 is 5.73 Å². The van der Waals surface area contributed by atoms with Gasteiger partial charge in [-0.3, -0.25) is 9.59 Å². The van der Waals surface area contributed by atoms with E-state index >= 15 is 0 Å². The smallest absolute Gasteiger partial charge is 0.320 e. The van der Waals surface area contributed by atoms with Gasteiger partial charge < -0.3 is 15.7 Å². The summed E-state index contributed by atoms with van der Waals surface area (Å²) in [5.41, 5.74) is 5.35. The van der Waals surface area contributed by atoms with Crippen LogP contribution in [-0.4, -0.2) is 52.5 Å². The highest BCUT2D eigenvalue weighted by atomic mass is 32.2. The second-order valence-electron chi connectivity index (χ2n) is 3.87. The molecule has 3 N–H and O–H groups in total. The van der Waals surface area contributed by atoms with E-state index in [9.17, 15) is 9.59 Å². The standard InChI is InChI=1S/C10H18N2O3S/c11-8(10(14)15)3-6-16-7-9(13)12-4-1-2-5-12/h8H,1-7,11H2,(H,14,15). The van der Waals surface area contributed by atoms with E-state index in [2.05, 4.69) is 0 Å². The monoisotopic (exact) mass is 246 g/mol. The number of amides is 1. The third kappa shape index (κ3) is 4.40. The fourth-order valence-corrected chi connectivity index (χ4v) is 2.47. The van der Waals surface area contributed by atoms with Crippen LogP contribution >= 0.6 is 11.8 Å². The summed E-state index contributed by atoms with van der Waals surface area (Å²) in [4.78, 5) is 23.9. The molecular weight excluding hydrogens is 228 g/mol. The summed E-state index contributed by atoms with van der Waals surface area (Å²) in [6.07, 6.45) is 2.61. The van der Waals surface area contributed by atoms with Gasteiger partial charge >= 0.3 is 5.97 Å². The number of rotatable bonds is 6. The quantitative estimate of drug-likeness (QED) is 0.651. The van der Waals surface area contributed by atoms with Crippen LogP contribution in [0.5, 0.6) is 0 Å². The number of nitrogens with zero attached hydrogens (tertiary/aromatic N) is 1. The maximum absolute atomic E-state index is 11.6. The number of carboxylic acids is 1. The number of likely N-dealkylation sites (tertiary alicyclic amines) is 1. The zero-order valence-electron chi connectivity index (χ0n) is 9.22. The van der Waals surface area contributed by atoms with Crippen molar-refractivity contribution < 1.29 is 14.7 Å². The molecule has 16 heavy (non-hydrogen) atoms. The molecule has 92 valence electrons. The molecule has 1 atom stereocenters. The van der Waals surface area contributed by atoms with Gasteiger partial charge in [0.05, 0.1) is 5.75 Å². The molecule has 1 amide bonds. The summed E-state index contributed by atoms with van der Waals surface area (Å²) >= 11 is 1.46. The van der Waals surface area contributed by atoms with E-state index < -0.39 is 12.0 Å². The van der Waals surface area contributed by atoms with Crippen molar-refractivity contribution >= 4 is 23.6 Å². The van der Waals surface area contributed by atoms with Crippen molar-refractivity contribution in [1.29, 1.82) is 0 Å². The van der Waals surface area contributed by atoms with Crippen LogP contribution in [0.4, 0.5) is 0 Å². The predicted molar refractivity (Wildman–Crippen MR) is 63.4 cm³/mol. The predicted octanol–water partition coefficient (Wildman–Crippen LogP) is 0.144. The van der Waals surface area contributed by atoms with Crippen LogP contribution in [0.1, 0.15) is 19.3 Å². The van der Waals surface area contributed by atoms with Gasteiger partial charge in [-0.15, -0.1) is 0 Å². The molecule has 0 saturated carbocycles. The number of carbonyl (C=O) groups is 2. The lowest BCUT2D eigenvalue weighted by Crippen LogP contribution is -2.31. The minimum absolute atomic E-state index is 0.159. The third-order valence-electron chi connectivity index (χ3n) is 2.57. The van der Waals surface area contributed by atoms with Crippen LogP contribution in [0.3, 0.4) is 0 Å². The van der Waals surface area contributed by atoms with E-state index in [4.69, 9.17) is 10.8 Å². The Labute approximate surface area is 99.4 Å². The fraction of sp³-hybridized carbons (Fsp3) is 0.800. The Morgan fingerprint density at radius 1 is 1.38 bits per heavy atom. The minimum Gasteiger partial charge on any atom is -0.480 e. The number of thioether (sulfide) groups is 1. The topological polar surface area (TPSA) is 83.6 Å². The van der Waals surface area contributed by atoms with E-state index in [0.29, 0.717) is 17.9 Å². The van der Waals surface area contributed by atoms with E-state index in [1.807, 2.05) is 4.90 Å². The summed E-state index contributed by atoms with van der Waals surface area (Å²) < 4.78 is 0. The summed E-state index contributed by atoms with van der Waals surface area (Å²) in [7, 11) is 0. The summed E-state index contributed by atoms with van der Waals surface area (Å²) in [5, 5.41) is 8.55. The number of hydrogen-bond acceptors (Lipinski definition) is 4. The van der Waals surface area contributed by atoms with E-state index in [1.165, 1.54) is 11.8 Å². The zero-order chi connectivity index (χ0) is 12.0. The van der Waals surface area contributed by atoms with Crippen molar-refractivity contribution in [2.75, 3.05) is 24.6 Å². The van der Waals surface area contributed by atoms with Gasteiger partial charge in [0.25, 0.3) is 0 Å². The largest absolute Gasteiger partial charge is 0.480 e. The Morgan fingerprint density at radius 2 is 2.00 bits per heavy atom. The molecule has 0 aromatic heterocycles. The molecular formula is C10H18N2O3S. The maximum Gasteiger partial charge on any atom is 0.320 e. The molecule has 1 fully saturated rings. The van der Waals surface area contributed by atoms with Crippen molar-refractivity contribution in [3.8, 4) is 0 Å². The van der Waals surface area contributed by atoms with Crippen LogP contribution in [0.2, 0.25) is 0 Å². The Morgan fingerprint density at radius 3 is 2.56 bits per heavy atom. The van der Waals surface area contributed by atoms with Gasteiger partial charge in [-0.05, 0) is 25.0 Å². The number of carbonyl (C=O) groups excluding carboxylic acids is 1. The molecule has 5 nitrogen and oxygen atoms in total. The van der Waals surface area contributed by atoms with Crippen LogP contribution in [-0.2, 0) is 9.59 Å². The van der Waals surface area contributed by atoms with Crippen molar-refractivity contribution in [2.45, 2.75) is 25.3 Å².